The Balaban J connectivity index is 2.57. The van der Waals surface area contributed by atoms with Gasteiger partial charge in [-0.2, -0.15) is 26.3 Å². The average molecular weight is 346 g/mol. The fourth-order valence-electron chi connectivity index (χ4n) is 2.23. The van der Waals surface area contributed by atoms with E-state index in [9.17, 15) is 31.1 Å². The van der Waals surface area contributed by atoms with Gasteiger partial charge in [0.15, 0.2) is 5.78 Å². The topological polar surface area (TPSA) is 17.1 Å². The summed E-state index contributed by atoms with van der Waals surface area (Å²) in [5, 5.41) is 0. The molecule has 0 aromatic heterocycles. The van der Waals surface area contributed by atoms with Gasteiger partial charge in [0.25, 0.3) is 0 Å². The maximum Gasteiger partial charge on any atom is 0.416 e. The molecule has 0 amide bonds. The second-order valence-corrected chi connectivity index (χ2v) is 5.38. The lowest BCUT2D eigenvalue weighted by atomic mass is 9.93. The zero-order chi connectivity index (χ0) is 18.3. The minimum absolute atomic E-state index is 0.254. The number of ketones is 1. The smallest absolute Gasteiger partial charge is 0.289 e. The van der Waals surface area contributed by atoms with E-state index in [1.165, 1.54) is 13.8 Å². The van der Waals surface area contributed by atoms with Crippen LogP contribution in [0.4, 0.5) is 26.3 Å². The van der Waals surface area contributed by atoms with Crippen LogP contribution in [0.5, 0.6) is 0 Å². The number of benzene rings is 2. The zero-order valence-corrected chi connectivity index (χ0v) is 12.6. The monoisotopic (exact) mass is 346 g/mol. The molecular weight excluding hydrogens is 334 g/mol. The normalized spacial score (nSPS) is 12.3. The third-order valence-electron chi connectivity index (χ3n) is 3.62. The molecule has 0 spiro atoms. The van der Waals surface area contributed by atoms with Crippen LogP contribution < -0.4 is 0 Å². The average Bonchev–Trinajstić information content (AvgIpc) is 2.45. The van der Waals surface area contributed by atoms with Crippen molar-refractivity contribution in [3.05, 3.63) is 69.8 Å². The van der Waals surface area contributed by atoms with Crippen molar-refractivity contribution >= 4 is 5.78 Å². The molecule has 0 saturated heterocycles. The quantitative estimate of drug-likeness (QED) is 0.513. The molecule has 0 heterocycles. The molecule has 2 aromatic carbocycles. The van der Waals surface area contributed by atoms with Crippen molar-refractivity contribution in [2.24, 2.45) is 0 Å². The van der Waals surface area contributed by atoms with Crippen molar-refractivity contribution in [1.82, 2.24) is 0 Å². The van der Waals surface area contributed by atoms with Gasteiger partial charge in [0, 0.05) is 11.1 Å². The number of carbonyl (C=O) groups is 1. The lowest BCUT2D eigenvalue weighted by molar-refractivity contribution is -0.138. The molecule has 1 nitrogen and oxygen atoms in total. The van der Waals surface area contributed by atoms with Crippen molar-refractivity contribution in [3.63, 3.8) is 0 Å². The standard InChI is InChI=1S/C17H12F6O/c1-9-3-5-11(16(18,19)20)7-13(9)15(24)14-8-12(17(21,22)23)6-4-10(14)2/h3-8H,1-2H3. The highest BCUT2D eigenvalue weighted by Crippen LogP contribution is 2.33. The van der Waals surface area contributed by atoms with Crippen LogP contribution in [0.3, 0.4) is 0 Å². The van der Waals surface area contributed by atoms with E-state index in [1.807, 2.05) is 0 Å². The highest BCUT2D eigenvalue weighted by atomic mass is 19.4. The van der Waals surface area contributed by atoms with Crippen LogP contribution in [0, 0.1) is 13.8 Å². The van der Waals surface area contributed by atoms with E-state index < -0.39 is 29.3 Å². The number of hydrogen-bond acceptors (Lipinski definition) is 1. The van der Waals surface area contributed by atoms with Gasteiger partial charge in [-0.05, 0) is 49.2 Å². The maximum atomic E-state index is 12.8. The molecule has 0 fully saturated rings. The molecule has 24 heavy (non-hydrogen) atoms. The predicted octanol–water partition coefficient (Wildman–Crippen LogP) is 5.57. The van der Waals surface area contributed by atoms with E-state index in [-0.39, 0.29) is 22.3 Å². The minimum atomic E-state index is -4.65. The van der Waals surface area contributed by atoms with Gasteiger partial charge < -0.3 is 0 Å². The highest BCUT2D eigenvalue weighted by molar-refractivity contribution is 6.11. The highest BCUT2D eigenvalue weighted by Gasteiger charge is 2.33. The minimum Gasteiger partial charge on any atom is -0.289 e. The number of halogens is 6. The van der Waals surface area contributed by atoms with Gasteiger partial charge in [-0.15, -0.1) is 0 Å². The van der Waals surface area contributed by atoms with E-state index in [0.717, 1.165) is 24.3 Å². The van der Waals surface area contributed by atoms with Crippen molar-refractivity contribution in [3.8, 4) is 0 Å². The Kier molecular flexibility index (Phi) is 4.48. The van der Waals surface area contributed by atoms with Crippen LogP contribution in [0.25, 0.3) is 0 Å². The van der Waals surface area contributed by atoms with Crippen LogP contribution in [0.1, 0.15) is 38.2 Å². The molecular formula is C17H12F6O. The first kappa shape index (κ1) is 18.0. The molecule has 0 aliphatic heterocycles. The Morgan fingerprint density at radius 2 is 1.04 bits per heavy atom. The summed E-state index contributed by atoms with van der Waals surface area (Å²) in [6.45, 7) is 2.85. The summed E-state index contributed by atoms with van der Waals surface area (Å²) in [6, 6.07) is 5.23. The molecule has 0 atom stereocenters. The molecule has 0 aliphatic carbocycles. The van der Waals surface area contributed by atoms with E-state index in [0.29, 0.717) is 12.1 Å². The molecule has 7 heteroatoms. The molecule has 0 unspecified atom stereocenters. The second kappa shape index (κ2) is 5.96. The van der Waals surface area contributed by atoms with Crippen molar-refractivity contribution in [2.45, 2.75) is 26.2 Å². The molecule has 2 aromatic rings. The van der Waals surface area contributed by atoms with Crippen LogP contribution in [-0.4, -0.2) is 5.78 Å². The van der Waals surface area contributed by atoms with Gasteiger partial charge in [0.1, 0.15) is 0 Å². The van der Waals surface area contributed by atoms with Crippen LogP contribution in [-0.2, 0) is 12.4 Å². The first-order valence-corrected chi connectivity index (χ1v) is 6.81. The molecule has 0 N–H and O–H groups in total. The van der Waals surface area contributed by atoms with Crippen LogP contribution >= 0.6 is 0 Å². The van der Waals surface area contributed by atoms with Gasteiger partial charge in [-0.3, -0.25) is 4.79 Å². The Bertz CT molecular complexity index is 721. The molecule has 2 rings (SSSR count). The summed E-state index contributed by atoms with van der Waals surface area (Å²) in [7, 11) is 0. The molecule has 0 bridgehead atoms. The zero-order valence-electron chi connectivity index (χ0n) is 12.6. The SMILES string of the molecule is Cc1ccc(C(F)(F)F)cc1C(=O)c1cc(C(F)(F)F)ccc1C. The number of aryl methyl sites for hydroxylation is 2. The summed E-state index contributed by atoms with van der Waals surface area (Å²) in [6.07, 6.45) is -9.29. The van der Waals surface area contributed by atoms with Gasteiger partial charge >= 0.3 is 12.4 Å². The van der Waals surface area contributed by atoms with Crippen LogP contribution in [0.2, 0.25) is 0 Å². The Morgan fingerprint density at radius 3 is 1.33 bits per heavy atom. The maximum absolute atomic E-state index is 12.8. The molecule has 0 aliphatic rings. The predicted molar refractivity (Wildman–Crippen MR) is 75.8 cm³/mol. The summed E-state index contributed by atoms with van der Waals surface area (Å²) in [5.41, 5.74) is -2.09. The summed E-state index contributed by atoms with van der Waals surface area (Å²) < 4.78 is 76.8. The number of hydrogen-bond donors (Lipinski definition) is 0. The van der Waals surface area contributed by atoms with Gasteiger partial charge in [0.2, 0.25) is 0 Å². The van der Waals surface area contributed by atoms with Gasteiger partial charge in [-0.1, -0.05) is 12.1 Å². The van der Waals surface area contributed by atoms with E-state index in [4.69, 9.17) is 0 Å². The van der Waals surface area contributed by atoms with E-state index in [2.05, 4.69) is 0 Å². The molecule has 0 saturated carbocycles. The van der Waals surface area contributed by atoms with Crippen molar-refractivity contribution in [1.29, 1.82) is 0 Å². The molecule has 0 radical (unpaired) electrons. The fourth-order valence-corrected chi connectivity index (χ4v) is 2.23. The Morgan fingerprint density at radius 1 is 0.708 bits per heavy atom. The lowest BCUT2D eigenvalue weighted by Crippen LogP contribution is -2.12. The van der Waals surface area contributed by atoms with E-state index >= 15 is 0 Å². The van der Waals surface area contributed by atoms with Crippen LogP contribution in [0.15, 0.2) is 36.4 Å². The fraction of sp³-hybridized carbons (Fsp3) is 0.235. The third-order valence-corrected chi connectivity index (χ3v) is 3.62. The van der Waals surface area contributed by atoms with Gasteiger partial charge in [0.05, 0.1) is 11.1 Å². The number of carbonyl (C=O) groups excluding carboxylic acids is 1. The van der Waals surface area contributed by atoms with Crippen molar-refractivity contribution in [2.75, 3.05) is 0 Å². The number of rotatable bonds is 2. The number of alkyl halides is 6. The molecule has 128 valence electrons. The lowest BCUT2D eigenvalue weighted by Gasteiger charge is -2.14. The first-order chi connectivity index (χ1) is 10.9. The Labute approximate surface area is 133 Å². The third kappa shape index (κ3) is 3.60. The summed E-state index contributed by atoms with van der Waals surface area (Å²) >= 11 is 0. The second-order valence-electron chi connectivity index (χ2n) is 5.38. The van der Waals surface area contributed by atoms with Gasteiger partial charge in [-0.25, -0.2) is 0 Å². The summed E-state index contributed by atoms with van der Waals surface area (Å²) in [5.74, 6) is -0.873. The Hall–Kier alpha value is -2.31. The van der Waals surface area contributed by atoms with E-state index in [1.54, 1.807) is 0 Å². The first-order valence-electron chi connectivity index (χ1n) is 6.81. The summed E-state index contributed by atoms with van der Waals surface area (Å²) in [4.78, 5) is 12.5. The largest absolute Gasteiger partial charge is 0.416 e. The van der Waals surface area contributed by atoms with Crippen molar-refractivity contribution < 1.29 is 31.1 Å².